The zero-order valence-corrected chi connectivity index (χ0v) is 18.9. The van der Waals surface area contributed by atoms with Gasteiger partial charge in [-0.15, -0.1) is 0 Å². The average Bonchev–Trinajstić information content (AvgIpc) is 3.27. The lowest BCUT2D eigenvalue weighted by Crippen LogP contribution is -2.54. The molecule has 3 N–H and O–H groups in total. The summed E-state index contributed by atoms with van der Waals surface area (Å²) in [5.41, 5.74) is 0.949. The van der Waals surface area contributed by atoms with Crippen molar-refractivity contribution in [3.63, 3.8) is 0 Å². The summed E-state index contributed by atoms with van der Waals surface area (Å²) in [7, 11) is 5.02. The third kappa shape index (κ3) is 4.11. The number of carbonyl (C=O) groups is 3. The lowest BCUT2D eigenvalue weighted by molar-refractivity contribution is -0.122. The van der Waals surface area contributed by atoms with Gasteiger partial charge in [0, 0.05) is 37.3 Å². The first-order chi connectivity index (χ1) is 16.3. The summed E-state index contributed by atoms with van der Waals surface area (Å²) in [6.07, 6.45) is 0. The van der Waals surface area contributed by atoms with Crippen molar-refractivity contribution in [3.05, 3.63) is 64.7 Å². The Bertz CT molecular complexity index is 1260. The highest BCUT2D eigenvalue weighted by Gasteiger charge is 2.48. The molecule has 2 aliphatic rings. The van der Waals surface area contributed by atoms with Gasteiger partial charge in [0.25, 0.3) is 11.8 Å². The Labute approximate surface area is 196 Å². The first-order valence-corrected chi connectivity index (χ1v) is 10.4. The average molecular weight is 461 g/mol. The number of benzene rings is 2. The van der Waals surface area contributed by atoms with E-state index in [0.717, 1.165) is 5.56 Å². The van der Waals surface area contributed by atoms with Gasteiger partial charge < -0.3 is 25.1 Å². The van der Waals surface area contributed by atoms with E-state index in [2.05, 4.69) is 27.6 Å². The maximum atomic E-state index is 13.0. The molecule has 1 atom stereocenters. The number of ether oxygens (including phenoxy) is 1. The van der Waals surface area contributed by atoms with E-state index in [0.29, 0.717) is 28.3 Å². The minimum Gasteiger partial charge on any atom is -0.497 e. The third-order valence-electron chi connectivity index (χ3n) is 5.65. The Kier molecular flexibility index (Phi) is 5.86. The molecular formula is C24H23N5O5. The molecule has 0 aromatic heterocycles. The van der Waals surface area contributed by atoms with Crippen molar-refractivity contribution in [2.45, 2.75) is 12.1 Å². The maximum Gasteiger partial charge on any atom is 0.323 e. The summed E-state index contributed by atoms with van der Waals surface area (Å²) < 4.78 is 5.20. The van der Waals surface area contributed by atoms with E-state index in [1.807, 2.05) is 0 Å². The molecule has 174 valence electrons. The summed E-state index contributed by atoms with van der Waals surface area (Å²) >= 11 is 0. The van der Waals surface area contributed by atoms with Crippen LogP contribution in [-0.4, -0.2) is 72.0 Å². The molecule has 10 nitrogen and oxygen atoms in total. The van der Waals surface area contributed by atoms with Crippen LogP contribution in [0.1, 0.15) is 27.0 Å². The maximum absolute atomic E-state index is 13.0. The molecule has 1 saturated heterocycles. The van der Waals surface area contributed by atoms with Crippen LogP contribution in [-0.2, 0) is 11.3 Å². The van der Waals surface area contributed by atoms with Crippen LogP contribution < -0.4 is 15.4 Å². The van der Waals surface area contributed by atoms with Crippen LogP contribution in [0, 0.1) is 11.8 Å². The van der Waals surface area contributed by atoms with E-state index in [1.165, 1.54) is 12.0 Å². The number of methoxy groups -OCH3 is 1. The summed E-state index contributed by atoms with van der Waals surface area (Å²) in [6.45, 7) is 0.167. The number of oxime groups is 1. The van der Waals surface area contributed by atoms with E-state index in [4.69, 9.17) is 4.74 Å². The Morgan fingerprint density at radius 2 is 1.94 bits per heavy atom. The Morgan fingerprint density at radius 3 is 2.53 bits per heavy atom. The number of urea groups is 1. The van der Waals surface area contributed by atoms with Gasteiger partial charge in [-0.2, -0.15) is 0 Å². The number of amidine groups is 1. The summed E-state index contributed by atoms with van der Waals surface area (Å²) in [4.78, 5) is 40.9. The highest BCUT2D eigenvalue weighted by molar-refractivity contribution is 6.10. The molecular weight excluding hydrogens is 438 g/mol. The fourth-order valence-electron chi connectivity index (χ4n) is 3.90. The highest BCUT2D eigenvalue weighted by Crippen LogP contribution is 2.28. The van der Waals surface area contributed by atoms with Crippen molar-refractivity contribution in [1.82, 2.24) is 20.4 Å². The van der Waals surface area contributed by atoms with Crippen molar-refractivity contribution < 1.29 is 24.3 Å². The molecule has 0 unspecified atom stereocenters. The van der Waals surface area contributed by atoms with E-state index < -0.39 is 17.5 Å². The van der Waals surface area contributed by atoms with Crippen LogP contribution in [0.4, 0.5) is 4.79 Å². The van der Waals surface area contributed by atoms with E-state index in [1.54, 1.807) is 61.5 Å². The van der Waals surface area contributed by atoms with Crippen molar-refractivity contribution >= 4 is 23.7 Å². The molecule has 0 aliphatic carbocycles. The number of imide groups is 1. The minimum absolute atomic E-state index is 0.118. The van der Waals surface area contributed by atoms with Crippen LogP contribution in [0.2, 0.25) is 0 Å². The Hall–Kier alpha value is -4.52. The number of hydrogen-bond acceptors (Lipinski definition) is 6. The standard InChI is InChI=1S/C24H23N5O5/c1-28(2)20(27-33)16-6-4-15(5-7-16)10-11-24(22(31)25-23(32)26-24)14-29-13-17-8-9-18(34-3)12-19(17)21(29)30/h4-9,12,33H,13-14H2,1-3H3,(H2,25,26,31,32)/b27-20+/t24-/m1/s1. The normalized spacial score (nSPS) is 19.2. The molecule has 2 aliphatic heterocycles. The van der Waals surface area contributed by atoms with Gasteiger partial charge in [-0.3, -0.25) is 14.9 Å². The van der Waals surface area contributed by atoms with E-state index in [-0.39, 0.29) is 19.0 Å². The Balaban J connectivity index is 1.61. The molecule has 0 bridgehead atoms. The van der Waals surface area contributed by atoms with Crippen LogP contribution in [0.25, 0.3) is 0 Å². The molecule has 2 heterocycles. The van der Waals surface area contributed by atoms with Crippen molar-refractivity contribution in [1.29, 1.82) is 0 Å². The van der Waals surface area contributed by atoms with Gasteiger partial charge in [0.15, 0.2) is 5.84 Å². The van der Waals surface area contributed by atoms with Crippen molar-refractivity contribution in [3.8, 4) is 17.6 Å². The molecule has 4 amide bonds. The van der Waals surface area contributed by atoms with Gasteiger partial charge in [0.05, 0.1) is 13.7 Å². The van der Waals surface area contributed by atoms with Gasteiger partial charge in [0.1, 0.15) is 5.75 Å². The van der Waals surface area contributed by atoms with Gasteiger partial charge in [-0.1, -0.05) is 23.1 Å². The second-order valence-electron chi connectivity index (χ2n) is 8.14. The monoisotopic (exact) mass is 461 g/mol. The number of hydrogen-bond donors (Lipinski definition) is 3. The van der Waals surface area contributed by atoms with Crippen LogP contribution in [0.15, 0.2) is 47.6 Å². The van der Waals surface area contributed by atoms with Crippen molar-refractivity contribution in [2.75, 3.05) is 27.7 Å². The number of nitrogens with zero attached hydrogens (tertiary/aromatic N) is 3. The molecule has 0 saturated carbocycles. The topological polar surface area (TPSA) is 124 Å². The fraction of sp³-hybridized carbons (Fsp3) is 0.250. The van der Waals surface area contributed by atoms with Gasteiger partial charge in [-0.05, 0) is 42.0 Å². The largest absolute Gasteiger partial charge is 0.497 e. The molecule has 0 spiro atoms. The molecule has 34 heavy (non-hydrogen) atoms. The lowest BCUT2D eigenvalue weighted by Gasteiger charge is -2.26. The number of nitrogens with one attached hydrogen (secondary N) is 2. The predicted octanol–water partition coefficient (Wildman–Crippen LogP) is 0.978. The first kappa shape index (κ1) is 22.7. The van der Waals surface area contributed by atoms with E-state index in [9.17, 15) is 19.6 Å². The molecule has 2 aromatic rings. The second kappa shape index (κ2) is 8.78. The number of fused-ring (bicyclic) bond motifs is 1. The molecule has 10 heteroatoms. The van der Waals surface area contributed by atoms with Crippen molar-refractivity contribution in [2.24, 2.45) is 5.16 Å². The first-order valence-electron chi connectivity index (χ1n) is 10.4. The Morgan fingerprint density at radius 1 is 1.21 bits per heavy atom. The smallest absolute Gasteiger partial charge is 0.323 e. The van der Waals surface area contributed by atoms with Crippen LogP contribution in [0.3, 0.4) is 0 Å². The second-order valence-corrected chi connectivity index (χ2v) is 8.14. The number of rotatable bonds is 4. The van der Waals surface area contributed by atoms with Gasteiger partial charge in [0.2, 0.25) is 5.54 Å². The summed E-state index contributed by atoms with van der Waals surface area (Å²) in [5, 5.41) is 17.3. The predicted molar refractivity (Wildman–Crippen MR) is 122 cm³/mol. The van der Waals surface area contributed by atoms with Gasteiger partial charge in [-0.25, -0.2) is 4.79 Å². The third-order valence-corrected chi connectivity index (χ3v) is 5.65. The van der Waals surface area contributed by atoms with Crippen LogP contribution in [0.5, 0.6) is 5.75 Å². The molecule has 2 aromatic carbocycles. The van der Waals surface area contributed by atoms with Gasteiger partial charge >= 0.3 is 6.03 Å². The van der Waals surface area contributed by atoms with Crippen LogP contribution >= 0.6 is 0 Å². The quantitative estimate of drug-likeness (QED) is 0.156. The SMILES string of the molecule is COc1ccc2c(c1)C(=O)N(C[C@@]1(C#Cc3ccc(/C(=N\O)N(C)C)cc3)NC(=O)NC1=O)C2. The molecule has 1 fully saturated rings. The minimum atomic E-state index is -1.60. The zero-order valence-electron chi connectivity index (χ0n) is 18.9. The number of carbonyl (C=O) groups excluding carboxylic acids is 3. The zero-order chi connectivity index (χ0) is 24.5. The molecule has 0 radical (unpaired) electrons. The highest BCUT2D eigenvalue weighted by atomic mass is 16.5. The summed E-state index contributed by atoms with van der Waals surface area (Å²) in [5.74, 6) is 5.84. The molecule has 4 rings (SSSR count). The number of amides is 4. The summed E-state index contributed by atoms with van der Waals surface area (Å²) in [6, 6.07) is 11.4. The lowest BCUT2D eigenvalue weighted by atomic mass is 9.99. The fourth-order valence-corrected chi connectivity index (χ4v) is 3.90. The van der Waals surface area contributed by atoms with E-state index >= 15 is 0 Å².